The van der Waals surface area contributed by atoms with Gasteiger partial charge in [0.15, 0.2) is 0 Å². The van der Waals surface area contributed by atoms with Gasteiger partial charge in [0.2, 0.25) is 5.91 Å². The average Bonchev–Trinajstić information content (AvgIpc) is 3.19. The second-order valence-corrected chi connectivity index (χ2v) is 7.83. The van der Waals surface area contributed by atoms with Crippen LogP contribution in [0.5, 0.6) is 0 Å². The summed E-state index contributed by atoms with van der Waals surface area (Å²) in [5, 5.41) is 9.85. The van der Waals surface area contributed by atoms with Crippen LogP contribution in [0.1, 0.15) is 11.3 Å². The van der Waals surface area contributed by atoms with Gasteiger partial charge in [-0.3, -0.25) is 9.59 Å². The molecule has 0 saturated heterocycles. The van der Waals surface area contributed by atoms with Crippen molar-refractivity contribution >= 4 is 33.3 Å². The number of aromatic nitrogens is 3. The van der Waals surface area contributed by atoms with Gasteiger partial charge in [-0.1, -0.05) is 54.6 Å². The Labute approximate surface area is 184 Å². The molecule has 32 heavy (non-hydrogen) atoms. The topological polar surface area (TPSA) is 68.9 Å². The number of anilines is 1. The summed E-state index contributed by atoms with van der Waals surface area (Å²) >= 11 is 0. The number of amides is 1. The zero-order valence-electron chi connectivity index (χ0n) is 17.7. The third-order valence-corrected chi connectivity index (χ3v) is 5.65. The fraction of sp³-hybridized carbons (Fsp3) is 0.115. The Kier molecular flexibility index (Phi) is 5.03. The van der Waals surface area contributed by atoms with Crippen molar-refractivity contribution in [2.45, 2.75) is 13.0 Å². The van der Waals surface area contributed by atoms with Gasteiger partial charge in [-0.2, -0.15) is 5.10 Å². The number of nitrogens with one attached hydrogen (secondary N) is 1. The molecule has 0 saturated carbocycles. The molecule has 3 aromatic carbocycles. The number of fused-ring (bicyclic) bond motifs is 2. The molecular weight excluding hydrogens is 400 g/mol. The van der Waals surface area contributed by atoms with Gasteiger partial charge in [0.25, 0.3) is 5.56 Å². The maximum atomic E-state index is 13.0. The van der Waals surface area contributed by atoms with E-state index in [1.807, 2.05) is 90.6 Å². The number of hydrogen-bond acceptors (Lipinski definition) is 3. The lowest BCUT2D eigenvalue weighted by Crippen LogP contribution is -2.26. The van der Waals surface area contributed by atoms with Gasteiger partial charge in [-0.15, -0.1) is 0 Å². The Morgan fingerprint density at radius 1 is 0.875 bits per heavy atom. The van der Waals surface area contributed by atoms with Crippen molar-refractivity contribution in [1.29, 1.82) is 0 Å². The van der Waals surface area contributed by atoms with Gasteiger partial charge in [0, 0.05) is 29.5 Å². The SMILES string of the molecule is Cn1ccc2c(NC(=O)Cc3nn(Cc4ccccc4)c(=O)c4ccccc34)cccc21. The largest absolute Gasteiger partial charge is 0.350 e. The quantitative estimate of drug-likeness (QED) is 0.463. The first kappa shape index (κ1) is 19.8. The van der Waals surface area contributed by atoms with Gasteiger partial charge in [0.05, 0.1) is 29.7 Å². The van der Waals surface area contributed by atoms with Crippen molar-refractivity contribution in [3.63, 3.8) is 0 Å². The van der Waals surface area contributed by atoms with E-state index in [-0.39, 0.29) is 17.9 Å². The molecule has 0 unspecified atom stereocenters. The highest BCUT2D eigenvalue weighted by Gasteiger charge is 2.15. The normalized spacial score (nSPS) is 11.2. The van der Waals surface area contributed by atoms with E-state index in [1.54, 1.807) is 6.07 Å². The number of aryl methyl sites for hydroxylation is 1. The summed E-state index contributed by atoms with van der Waals surface area (Å²) in [6, 6.07) is 24.8. The molecule has 6 heteroatoms. The Morgan fingerprint density at radius 3 is 2.44 bits per heavy atom. The Balaban J connectivity index is 1.49. The van der Waals surface area contributed by atoms with Crippen molar-refractivity contribution in [2.75, 3.05) is 5.32 Å². The summed E-state index contributed by atoms with van der Waals surface area (Å²) < 4.78 is 3.46. The number of rotatable bonds is 5. The van der Waals surface area contributed by atoms with Crippen LogP contribution in [0.2, 0.25) is 0 Å². The standard InChI is InChI=1S/C26H22N4O2/c1-29-15-14-21-22(12-7-13-24(21)29)27-25(31)16-23-19-10-5-6-11-20(19)26(32)30(28-23)17-18-8-3-2-4-9-18/h2-15H,16-17H2,1H3,(H,27,31). The summed E-state index contributed by atoms with van der Waals surface area (Å²) in [5.74, 6) is -0.177. The molecule has 5 rings (SSSR count). The van der Waals surface area contributed by atoms with Gasteiger partial charge in [0.1, 0.15) is 0 Å². The molecule has 2 heterocycles. The van der Waals surface area contributed by atoms with E-state index in [9.17, 15) is 9.59 Å². The summed E-state index contributed by atoms with van der Waals surface area (Å²) in [4.78, 5) is 26.0. The van der Waals surface area contributed by atoms with E-state index in [1.165, 1.54) is 4.68 Å². The van der Waals surface area contributed by atoms with E-state index in [2.05, 4.69) is 10.4 Å². The lowest BCUT2D eigenvalue weighted by atomic mass is 10.1. The first-order valence-corrected chi connectivity index (χ1v) is 10.5. The molecule has 5 aromatic rings. The molecule has 1 amide bonds. The summed E-state index contributed by atoms with van der Waals surface area (Å²) in [6.45, 7) is 0.350. The molecule has 0 aliphatic heterocycles. The number of nitrogens with zero attached hydrogens (tertiary/aromatic N) is 3. The zero-order chi connectivity index (χ0) is 22.1. The van der Waals surface area contributed by atoms with Crippen LogP contribution in [-0.4, -0.2) is 20.3 Å². The molecular formula is C26H22N4O2. The first-order chi connectivity index (χ1) is 15.6. The molecule has 0 fully saturated rings. The molecule has 0 bridgehead atoms. The molecule has 1 N–H and O–H groups in total. The molecule has 2 aromatic heterocycles. The highest BCUT2D eigenvalue weighted by Crippen LogP contribution is 2.24. The summed E-state index contributed by atoms with van der Waals surface area (Å²) in [5.41, 5.74) is 3.19. The smallest absolute Gasteiger partial charge is 0.274 e. The number of benzene rings is 3. The number of carbonyl (C=O) groups is 1. The molecule has 158 valence electrons. The van der Waals surface area contributed by atoms with Gasteiger partial charge < -0.3 is 9.88 Å². The molecule has 0 aliphatic rings. The van der Waals surface area contributed by atoms with Crippen molar-refractivity contribution in [3.8, 4) is 0 Å². The van der Waals surface area contributed by atoms with Gasteiger partial charge in [-0.05, 0) is 29.8 Å². The van der Waals surface area contributed by atoms with Crippen molar-refractivity contribution in [3.05, 3.63) is 107 Å². The minimum atomic E-state index is -0.177. The summed E-state index contributed by atoms with van der Waals surface area (Å²) in [6.07, 6.45) is 2.04. The average molecular weight is 422 g/mol. The van der Waals surface area contributed by atoms with Crippen molar-refractivity contribution < 1.29 is 4.79 Å². The molecule has 6 nitrogen and oxygen atoms in total. The lowest BCUT2D eigenvalue weighted by molar-refractivity contribution is -0.115. The molecule has 0 aliphatic carbocycles. The highest BCUT2D eigenvalue weighted by molar-refractivity contribution is 6.02. The predicted octanol–water partition coefficient (Wildman–Crippen LogP) is 4.12. The van der Waals surface area contributed by atoms with E-state index < -0.39 is 0 Å². The van der Waals surface area contributed by atoms with Crippen LogP contribution in [0.4, 0.5) is 5.69 Å². The fourth-order valence-electron chi connectivity index (χ4n) is 4.06. The van der Waals surface area contributed by atoms with Crippen LogP contribution in [0.15, 0.2) is 89.9 Å². The summed E-state index contributed by atoms with van der Waals surface area (Å²) in [7, 11) is 1.97. The van der Waals surface area contributed by atoms with Crippen LogP contribution in [0, 0.1) is 0 Å². The Bertz CT molecular complexity index is 1500. The minimum Gasteiger partial charge on any atom is -0.350 e. The Hall–Kier alpha value is -4.19. The van der Waals surface area contributed by atoms with Crippen LogP contribution >= 0.6 is 0 Å². The highest BCUT2D eigenvalue weighted by atomic mass is 16.1. The van der Waals surface area contributed by atoms with E-state index in [4.69, 9.17) is 0 Å². The third-order valence-electron chi connectivity index (χ3n) is 5.65. The second-order valence-electron chi connectivity index (χ2n) is 7.83. The van der Waals surface area contributed by atoms with Gasteiger partial charge >= 0.3 is 0 Å². The molecule has 0 spiro atoms. The first-order valence-electron chi connectivity index (χ1n) is 10.5. The lowest BCUT2D eigenvalue weighted by Gasteiger charge is -2.12. The molecule has 0 radical (unpaired) electrons. The maximum absolute atomic E-state index is 13.0. The van der Waals surface area contributed by atoms with E-state index >= 15 is 0 Å². The predicted molar refractivity (Wildman–Crippen MR) is 127 cm³/mol. The zero-order valence-corrected chi connectivity index (χ0v) is 17.7. The van der Waals surface area contributed by atoms with E-state index in [0.29, 0.717) is 23.0 Å². The van der Waals surface area contributed by atoms with Crippen LogP contribution in [-0.2, 0) is 24.8 Å². The second kappa shape index (κ2) is 8.15. The van der Waals surface area contributed by atoms with E-state index in [0.717, 1.165) is 22.2 Å². The molecule has 0 atom stereocenters. The third kappa shape index (κ3) is 3.67. The van der Waals surface area contributed by atoms with Crippen molar-refractivity contribution in [1.82, 2.24) is 14.3 Å². The number of carbonyl (C=O) groups excluding carboxylic acids is 1. The maximum Gasteiger partial charge on any atom is 0.274 e. The van der Waals surface area contributed by atoms with Crippen LogP contribution < -0.4 is 10.9 Å². The van der Waals surface area contributed by atoms with Crippen molar-refractivity contribution in [2.24, 2.45) is 7.05 Å². The van der Waals surface area contributed by atoms with Gasteiger partial charge in [-0.25, -0.2) is 4.68 Å². The Morgan fingerprint density at radius 2 is 1.62 bits per heavy atom. The van der Waals surface area contributed by atoms with Crippen LogP contribution in [0.3, 0.4) is 0 Å². The number of hydrogen-bond donors (Lipinski definition) is 1. The van der Waals surface area contributed by atoms with Crippen LogP contribution in [0.25, 0.3) is 21.7 Å². The minimum absolute atomic E-state index is 0.0683. The fourth-order valence-corrected chi connectivity index (χ4v) is 4.06. The monoisotopic (exact) mass is 422 g/mol.